The molecule has 14 heavy (non-hydrogen) atoms. The van der Waals surface area contributed by atoms with Gasteiger partial charge in [0.15, 0.2) is 0 Å². The van der Waals surface area contributed by atoms with Crippen LogP contribution in [0.5, 0.6) is 0 Å². The molecule has 0 aromatic heterocycles. The average molecular weight is 198 g/mol. The quantitative estimate of drug-likeness (QED) is 0.743. The van der Waals surface area contributed by atoms with Crippen LogP contribution in [0, 0.1) is 11.8 Å². The van der Waals surface area contributed by atoms with Gasteiger partial charge in [0, 0.05) is 12.1 Å². The van der Waals surface area contributed by atoms with Gasteiger partial charge in [0.2, 0.25) is 0 Å². The SMILES string of the molecule is CC(C)NC[C@H]1CCN(C)[C@H]1C(C)C. The van der Waals surface area contributed by atoms with Crippen LogP contribution in [0.2, 0.25) is 0 Å². The zero-order chi connectivity index (χ0) is 10.7. The van der Waals surface area contributed by atoms with Gasteiger partial charge in [-0.15, -0.1) is 0 Å². The standard InChI is InChI=1S/C12H26N2/c1-9(2)12-11(6-7-14(12)5)8-13-10(3)4/h9-13H,6-8H2,1-5H3/t11-,12+/m1/s1. The Morgan fingerprint density at radius 3 is 2.43 bits per heavy atom. The predicted molar refractivity (Wildman–Crippen MR) is 62.5 cm³/mol. The summed E-state index contributed by atoms with van der Waals surface area (Å²) in [6.45, 7) is 11.6. The Hall–Kier alpha value is -0.0800. The van der Waals surface area contributed by atoms with Gasteiger partial charge in [-0.1, -0.05) is 27.7 Å². The summed E-state index contributed by atoms with van der Waals surface area (Å²) in [6.07, 6.45) is 1.36. The molecule has 0 spiro atoms. The van der Waals surface area contributed by atoms with Crippen LogP contribution in [0.1, 0.15) is 34.1 Å². The van der Waals surface area contributed by atoms with E-state index in [1.165, 1.54) is 19.5 Å². The Bertz CT molecular complexity index is 166. The third kappa shape index (κ3) is 2.96. The molecule has 0 radical (unpaired) electrons. The molecule has 0 aromatic rings. The summed E-state index contributed by atoms with van der Waals surface area (Å²) in [5, 5.41) is 3.57. The Labute approximate surface area is 89.1 Å². The fourth-order valence-electron chi connectivity index (χ4n) is 2.71. The molecule has 0 amide bonds. The Morgan fingerprint density at radius 1 is 1.29 bits per heavy atom. The summed E-state index contributed by atoms with van der Waals surface area (Å²) in [7, 11) is 2.26. The topological polar surface area (TPSA) is 15.3 Å². The van der Waals surface area contributed by atoms with E-state index in [0.717, 1.165) is 17.9 Å². The first-order chi connectivity index (χ1) is 6.52. The zero-order valence-electron chi connectivity index (χ0n) is 10.4. The van der Waals surface area contributed by atoms with Gasteiger partial charge < -0.3 is 10.2 Å². The molecule has 0 bridgehead atoms. The van der Waals surface area contributed by atoms with Crippen LogP contribution in [0.25, 0.3) is 0 Å². The van der Waals surface area contributed by atoms with Crippen molar-refractivity contribution in [3.05, 3.63) is 0 Å². The highest BCUT2D eigenvalue weighted by molar-refractivity contribution is 4.88. The molecule has 0 unspecified atom stereocenters. The molecule has 0 aromatic carbocycles. The summed E-state index contributed by atoms with van der Waals surface area (Å²) in [5.41, 5.74) is 0. The van der Waals surface area contributed by atoms with E-state index in [1.807, 2.05) is 0 Å². The highest BCUT2D eigenvalue weighted by Gasteiger charge is 2.33. The molecule has 1 fully saturated rings. The van der Waals surface area contributed by atoms with E-state index in [2.05, 4.69) is 45.0 Å². The normalized spacial score (nSPS) is 29.4. The van der Waals surface area contributed by atoms with Crippen LogP contribution >= 0.6 is 0 Å². The summed E-state index contributed by atoms with van der Waals surface area (Å²) in [6, 6.07) is 1.40. The smallest absolute Gasteiger partial charge is 0.0156 e. The maximum Gasteiger partial charge on any atom is 0.0156 e. The number of rotatable bonds is 4. The Balaban J connectivity index is 2.43. The lowest BCUT2D eigenvalue weighted by Gasteiger charge is -2.29. The van der Waals surface area contributed by atoms with Gasteiger partial charge in [0.25, 0.3) is 0 Å². The van der Waals surface area contributed by atoms with E-state index >= 15 is 0 Å². The van der Waals surface area contributed by atoms with Crippen LogP contribution in [-0.4, -0.2) is 37.1 Å². The monoisotopic (exact) mass is 198 g/mol. The molecule has 1 aliphatic heterocycles. The Kier molecular flexibility index (Phi) is 4.39. The van der Waals surface area contributed by atoms with E-state index in [-0.39, 0.29) is 0 Å². The summed E-state index contributed by atoms with van der Waals surface area (Å²) in [5.74, 6) is 1.63. The molecule has 2 atom stereocenters. The van der Waals surface area contributed by atoms with Crippen molar-refractivity contribution in [1.29, 1.82) is 0 Å². The number of nitrogens with one attached hydrogen (secondary N) is 1. The van der Waals surface area contributed by atoms with Crippen LogP contribution in [-0.2, 0) is 0 Å². The number of likely N-dealkylation sites (tertiary alicyclic amines) is 1. The van der Waals surface area contributed by atoms with E-state index in [1.54, 1.807) is 0 Å². The fourth-order valence-corrected chi connectivity index (χ4v) is 2.71. The first kappa shape index (κ1) is 12.0. The summed E-state index contributed by atoms with van der Waals surface area (Å²) < 4.78 is 0. The minimum Gasteiger partial charge on any atom is -0.314 e. The molecule has 2 nitrogen and oxygen atoms in total. The molecule has 1 aliphatic rings. The number of hydrogen-bond donors (Lipinski definition) is 1. The third-order valence-corrected chi connectivity index (χ3v) is 3.32. The molecule has 1 saturated heterocycles. The van der Waals surface area contributed by atoms with Crippen molar-refractivity contribution in [2.75, 3.05) is 20.1 Å². The van der Waals surface area contributed by atoms with Crippen LogP contribution in [0.15, 0.2) is 0 Å². The first-order valence-electron chi connectivity index (χ1n) is 5.96. The lowest BCUT2D eigenvalue weighted by molar-refractivity contribution is 0.206. The lowest BCUT2D eigenvalue weighted by Crippen LogP contribution is -2.39. The highest BCUT2D eigenvalue weighted by Crippen LogP contribution is 2.27. The van der Waals surface area contributed by atoms with Crippen molar-refractivity contribution in [3.63, 3.8) is 0 Å². The molecule has 1 rings (SSSR count). The van der Waals surface area contributed by atoms with Gasteiger partial charge >= 0.3 is 0 Å². The van der Waals surface area contributed by atoms with Gasteiger partial charge in [-0.3, -0.25) is 0 Å². The maximum atomic E-state index is 3.57. The molecular formula is C12H26N2. The summed E-state index contributed by atoms with van der Waals surface area (Å²) >= 11 is 0. The van der Waals surface area contributed by atoms with Crippen LogP contribution in [0.3, 0.4) is 0 Å². The van der Waals surface area contributed by atoms with Crippen molar-refractivity contribution < 1.29 is 0 Å². The van der Waals surface area contributed by atoms with Crippen molar-refractivity contribution in [1.82, 2.24) is 10.2 Å². The molecule has 84 valence electrons. The van der Waals surface area contributed by atoms with E-state index in [4.69, 9.17) is 0 Å². The van der Waals surface area contributed by atoms with Crippen LogP contribution < -0.4 is 5.32 Å². The lowest BCUT2D eigenvalue weighted by atomic mass is 9.91. The molecule has 0 saturated carbocycles. The summed E-state index contributed by atoms with van der Waals surface area (Å²) in [4.78, 5) is 2.53. The van der Waals surface area contributed by atoms with E-state index in [9.17, 15) is 0 Å². The molecule has 1 N–H and O–H groups in total. The Morgan fingerprint density at radius 2 is 1.93 bits per heavy atom. The molecule has 0 aliphatic carbocycles. The second-order valence-electron chi connectivity index (χ2n) is 5.33. The number of hydrogen-bond acceptors (Lipinski definition) is 2. The highest BCUT2D eigenvalue weighted by atomic mass is 15.2. The van der Waals surface area contributed by atoms with E-state index in [0.29, 0.717) is 6.04 Å². The molecular weight excluding hydrogens is 172 g/mol. The van der Waals surface area contributed by atoms with Crippen molar-refractivity contribution in [2.45, 2.75) is 46.2 Å². The first-order valence-corrected chi connectivity index (χ1v) is 5.96. The van der Waals surface area contributed by atoms with Gasteiger partial charge in [0.05, 0.1) is 0 Å². The second kappa shape index (κ2) is 5.13. The predicted octanol–water partition coefficient (Wildman–Crippen LogP) is 1.96. The largest absolute Gasteiger partial charge is 0.314 e. The third-order valence-electron chi connectivity index (χ3n) is 3.32. The van der Waals surface area contributed by atoms with Gasteiger partial charge in [0.1, 0.15) is 0 Å². The van der Waals surface area contributed by atoms with Gasteiger partial charge in [-0.05, 0) is 38.4 Å². The van der Waals surface area contributed by atoms with E-state index < -0.39 is 0 Å². The average Bonchev–Trinajstić information content (AvgIpc) is 2.43. The van der Waals surface area contributed by atoms with Crippen molar-refractivity contribution in [3.8, 4) is 0 Å². The van der Waals surface area contributed by atoms with Gasteiger partial charge in [-0.2, -0.15) is 0 Å². The maximum absolute atomic E-state index is 3.57. The van der Waals surface area contributed by atoms with Gasteiger partial charge in [-0.25, -0.2) is 0 Å². The minimum atomic E-state index is 0.619. The van der Waals surface area contributed by atoms with Crippen molar-refractivity contribution in [2.24, 2.45) is 11.8 Å². The zero-order valence-corrected chi connectivity index (χ0v) is 10.4. The molecule has 2 heteroatoms. The second-order valence-corrected chi connectivity index (χ2v) is 5.33. The number of nitrogens with zero attached hydrogens (tertiary/aromatic N) is 1. The fraction of sp³-hybridized carbons (Fsp3) is 1.00. The van der Waals surface area contributed by atoms with Crippen LogP contribution in [0.4, 0.5) is 0 Å². The minimum absolute atomic E-state index is 0.619. The van der Waals surface area contributed by atoms with Crippen molar-refractivity contribution >= 4 is 0 Å². The molecule has 1 heterocycles.